The average molecular weight is 346 g/mol. The Morgan fingerprint density at radius 2 is 2.00 bits per heavy atom. The molecule has 0 aromatic heterocycles. The standard InChI is InChI=1S/C14H18BrClN2O/c1-17(2)11-5-7-18(8-6-11)14(19)10-3-4-13(16)12(15)9-10/h3-4,9,11H,5-8H2,1-2H3. The quantitative estimate of drug-likeness (QED) is 0.821. The van der Waals surface area contributed by atoms with Gasteiger partial charge in [0.25, 0.3) is 5.91 Å². The summed E-state index contributed by atoms with van der Waals surface area (Å²) in [5, 5.41) is 0.628. The lowest BCUT2D eigenvalue weighted by atomic mass is 10.0. The summed E-state index contributed by atoms with van der Waals surface area (Å²) >= 11 is 9.31. The van der Waals surface area contributed by atoms with E-state index in [9.17, 15) is 4.79 Å². The lowest BCUT2D eigenvalue weighted by molar-refractivity contribution is 0.0663. The van der Waals surface area contributed by atoms with Gasteiger partial charge in [-0.25, -0.2) is 0 Å². The average Bonchev–Trinajstić information content (AvgIpc) is 2.41. The minimum atomic E-state index is 0.0922. The monoisotopic (exact) mass is 344 g/mol. The minimum Gasteiger partial charge on any atom is -0.339 e. The molecule has 1 aliphatic heterocycles. The van der Waals surface area contributed by atoms with Crippen molar-refractivity contribution in [2.24, 2.45) is 0 Å². The van der Waals surface area contributed by atoms with Crippen LogP contribution in [0.15, 0.2) is 22.7 Å². The molecule has 0 spiro atoms. The maximum atomic E-state index is 12.4. The SMILES string of the molecule is CN(C)C1CCN(C(=O)c2ccc(Cl)c(Br)c2)CC1. The van der Waals surface area contributed by atoms with Crippen molar-refractivity contribution in [2.75, 3.05) is 27.2 Å². The van der Waals surface area contributed by atoms with Crippen LogP contribution in [0.25, 0.3) is 0 Å². The number of nitrogens with zero attached hydrogens (tertiary/aromatic N) is 2. The van der Waals surface area contributed by atoms with Crippen molar-refractivity contribution in [2.45, 2.75) is 18.9 Å². The molecule has 0 atom stereocenters. The third-order valence-corrected chi connectivity index (χ3v) is 4.86. The molecule has 0 unspecified atom stereocenters. The van der Waals surface area contributed by atoms with Crippen LogP contribution in [0.4, 0.5) is 0 Å². The highest BCUT2D eigenvalue weighted by atomic mass is 79.9. The summed E-state index contributed by atoms with van der Waals surface area (Å²) in [6.45, 7) is 1.64. The van der Waals surface area contributed by atoms with E-state index in [1.54, 1.807) is 18.2 Å². The Kier molecular flexibility index (Phi) is 4.87. The highest BCUT2D eigenvalue weighted by Crippen LogP contribution is 2.24. The molecule has 0 N–H and O–H groups in total. The number of rotatable bonds is 2. The van der Waals surface area contributed by atoms with Gasteiger partial charge in [-0.2, -0.15) is 0 Å². The van der Waals surface area contributed by atoms with Crippen LogP contribution in [0.3, 0.4) is 0 Å². The Morgan fingerprint density at radius 1 is 1.37 bits per heavy atom. The largest absolute Gasteiger partial charge is 0.339 e. The first-order valence-electron chi connectivity index (χ1n) is 6.40. The Balaban J connectivity index is 2.03. The number of piperidine rings is 1. The molecule has 0 aliphatic carbocycles. The van der Waals surface area contributed by atoms with E-state index in [-0.39, 0.29) is 5.91 Å². The predicted octanol–water partition coefficient (Wildman–Crippen LogP) is 3.27. The summed E-state index contributed by atoms with van der Waals surface area (Å²) in [4.78, 5) is 16.6. The van der Waals surface area contributed by atoms with Crippen molar-refractivity contribution in [3.63, 3.8) is 0 Å². The number of carbonyl (C=O) groups is 1. The number of hydrogen-bond acceptors (Lipinski definition) is 2. The van der Waals surface area contributed by atoms with Crippen LogP contribution in [-0.2, 0) is 0 Å². The molecule has 0 saturated carbocycles. The van der Waals surface area contributed by atoms with Crippen molar-refractivity contribution in [1.29, 1.82) is 0 Å². The van der Waals surface area contributed by atoms with Gasteiger partial charge >= 0.3 is 0 Å². The second kappa shape index (κ2) is 6.25. The molecule has 5 heteroatoms. The van der Waals surface area contributed by atoms with E-state index in [4.69, 9.17) is 11.6 Å². The molecule has 19 heavy (non-hydrogen) atoms. The van der Waals surface area contributed by atoms with E-state index in [2.05, 4.69) is 34.9 Å². The summed E-state index contributed by atoms with van der Waals surface area (Å²) in [7, 11) is 4.19. The Morgan fingerprint density at radius 3 is 2.53 bits per heavy atom. The molecular weight excluding hydrogens is 328 g/mol. The summed E-state index contributed by atoms with van der Waals surface area (Å²) < 4.78 is 0.767. The van der Waals surface area contributed by atoms with Crippen LogP contribution in [0.2, 0.25) is 5.02 Å². The van der Waals surface area contributed by atoms with Crippen molar-refractivity contribution < 1.29 is 4.79 Å². The lowest BCUT2D eigenvalue weighted by Gasteiger charge is -2.35. The van der Waals surface area contributed by atoms with Crippen molar-refractivity contribution in [3.8, 4) is 0 Å². The first-order valence-corrected chi connectivity index (χ1v) is 7.57. The van der Waals surface area contributed by atoms with Crippen molar-refractivity contribution >= 4 is 33.4 Å². The van der Waals surface area contributed by atoms with Gasteiger partial charge in [-0.05, 0) is 61.1 Å². The van der Waals surface area contributed by atoms with E-state index in [1.165, 1.54) is 0 Å². The molecule has 1 aromatic rings. The molecule has 1 fully saturated rings. The van der Waals surface area contributed by atoms with Crippen molar-refractivity contribution in [3.05, 3.63) is 33.3 Å². The van der Waals surface area contributed by atoms with Gasteiger partial charge in [-0.15, -0.1) is 0 Å². The van der Waals surface area contributed by atoms with Crippen LogP contribution < -0.4 is 0 Å². The zero-order chi connectivity index (χ0) is 14.0. The molecule has 1 amide bonds. The maximum absolute atomic E-state index is 12.4. The van der Waals surface area contributed by atoms with Crippen LogP contribution in [0, 0.1) is 0 Å². The Labute approximate surface area is 127 Å². The summed E-state index contributed by atoms with van der Waals surface area (Å²) in [6.07, 6.45) is 2.07. The first-order chi connectivity index (χ1) is 8.99. The fraction of sp³-hybridized carbons (Fsp3) is 0.500. The molecule has 1 heterocycles. The second-order valence-corrected chi connectivity index (χ2v) is 6.38. The van der Waals surface area contributed by atoms with Gasteiger partial charge in [-0.1, -0.05) is 11.6 Å². The second-order valence-electron chi connectivity index (χ2n) is 5.12. The van der Waals surface area contributed by atoms with Gasteiger partial charge < -0.3 is 9.80 Å². The molecular formula is C14H18BrClN2O. The van der Waals surface area contributed by atoms with E-state index < -0.39 is 0 Å². The highest BCUT2D eigenvalue weighted by molar-refractivity contribution is 9.10. The maximum Gasteiger partial charge on any atom is 0.253 e. The molecule has 1 aromatic carbocycles. The van der Waals surface area contributed by atoms with E-state index in [0.717, 1.165) is 30.4 Å². The predicted molar refractivity (Wildman–Crippen MR) is 81.8 cm³/mol. The highest BCUT2D eigenvalue weighted by Gasteiger charge is 2.24. The van der Waals surface area contributed by atoms with Gasteiger partial charge in [0.05, 0.1) is 5.02 Å². The van der Waals surface area contributed by atoms with Crippen LogP contribution in [0.1, 0.15) is 23.2 Å². The third kappa shape index (κ3) is 3.50. The van der Waals surface area contributed by atoms with Gasteiger partial charge in [0.2, 0.25) is 0 Å². The third-order valence-electron chi connectivity index (χ3n) is 3.65. The summed E-state index contributed by atoms with van der Waals surface area (Å²) in [6, 6.07) is 5.92. The molecule has 2 rings (SSSR count). The van der Waals surface area contributed by atoms with Gasteiger partial charge in [-0.3, -0.25) is 4.79 Å². The topological polar surface area (TPSA) is 23.6 Å². The lowest BCUT2D eigenvalue weighted by Crippen LogP contribution is -2.44. The van der Waals surface area contributed by atoms with Crippen LogP contribution in [0.5, 0.6) is 0 Å². The number of carbonyl (C=O) groups excluding carboxylic acids is 1. The van der Waals surface area contributed by atoms with Crippen LogP contribution in [-0.4, -0.2) is 48.9 Å². The first kappa shape index (κ1) is 14.8. The van der Waals surface area contributed by atoms with Gasteiger partial charge in [0, 0.05) is 29.2 Å². The number of hydrogen-bond donors (Lipinski definition) is 0. The summed E-state index contributed by atoms with van der Waals surface area (Å²) in [5.74, 6) is 0.0922. The minimum absolute atomic E-state index is 0.0922. The fourth-order valence-corrected chi connectivity index (χ4v) is 2.89. The number of amides is 1. The molecule has 0 radical (unpaired) electrons. The summed E-state index contributed by atoms with van der Waals surface area (Å²) in [5.41, 5.74) is 0.694. The van der Waals surface area contributed by atoms with E-state index in [0.29, 0.717) is 16.6 Å². The number of likely N-dealkylation sites (tertiary alicyclic amines) is 1. The van der Waals surface area contributed by atoms with Crippen molar-refractivity contribution in [1.82, 2.24) is 9.80 Å². The number of halogens is 2. The zero-order valence-corrected chi connectivity index (χ0v) is 13.5. The molecule has 0 bridgehead atoms. The molecule has 104 valence electrons. The van der Waals surface area contributed by atoms with E-state index >= 15 is 0 Å². The number of benzene rings is 1. The zero-order valence-electron chi connectivity index (χ0n) is 11.2. The van der Waals surface area contributed by atoms with E-state index in [1.807, 2.05) is 4.90 Å². The van der Waals surface area contributed by atoms with Crippen LogP contribution >= 0.6 is 27.5 Å². The molecule has 1 aliphatic rings. The van der Waals surface area contributed by atoms with Gasteiger partial charge in [0.15, 0.2) is 0 Å². The Bertz CT molecular complexity index is 471. The van der Waals surface area contributed by atoms with Gasteiger partial charge in [0.1, 0.15) is 0 Å². The Hall–Kier alpha value is -0.580. The fourth-order valence-electron chi connectivity index (χ4n) is 2.40. The smallest absolute Gasteiger partial charge is 0.253 e. The molecule has 3 nitrogen and oxygen atoms in total. The molecule has 1 saturated heterocycles. The normalized spacial score (nSPS) is 17.0.